The van der Waals surface area contributed by atoms with Gasteiger partial charge in [-0.1, -0.05) is 24.3 Å². The minimum atomic E-state index is -1.06. The van der Waals surface area contributed by atoms with Crippen LogP contribution in [0.25, 0.3) is 11.0 Å². The number of aliphatic hydroxyl groups excluding tert-OH is 1. The van der Waals surface area contributed by atoms with E-state index in [1.807, 2.05) is 18.2 Å². The molecule has 0 fully saturated rings. The van der Waals surface area contributed by atoms with E-state index in [9.17, 15) is 13.9 Å². The van der Waals surface area contributed by atoms with Crippen molar-refractivity contribution in [3.05, 3.63) is 71.0 Å². The fraction of sp³-hybridized carbons (Fsp3) is 0.125. The van der Waals surface area contributed by atoms with Crippen molar-refractivity contribution in [3.63, 3.8) is 0 Å². The minimum absolute atomic E-state index is 0.290. The van der Waals surface area contributed by atoms with Gasteiger partial charge in [0.15, 0.2) is 11.6 Å². The Kier molecular flexibility index (Phi) is 3.03. The maximum absolute atomic E-state index is 13.3. The molecule has 0 bridgehead atoms. The summed E-state index contributed by atoms with van der Waals surface area (Å²) in [5.74, 6) is -1.36. The lowest BCUT2D eigenvalue weighted by Crippen LogP contribution is -2.02. The number of aliphatic hydroxyl groups is 1. The number of rotatable bonds is 2. The topological polar surface area (TPSA) is 33.4 Å². The van der Waals surface area contributed by atoms with Gasteiger partial charge in [-0.25, -0.2) is 8.78 Å². The summed E-state index contributed by atoms with van der Waals surface area (Å²) in [4.78, 5) is 0. The maximum atomic E-state index is 13.3. The van der Waals surface area contributed by atoms with Gasteiger partial charge in [0, 0.05) is 10.9 Å². The first-order valence-electron chi connectivity index (χ1n) is 6.19. The van der Waals surface area contributed by atoms with Crippen LogP contribution in [0.2, 0.25) is 0 Å². The van der Waals surface area contributed by atoms with Crippen LogP contribution in [0.1, 0.15) is 23.0 Å². The number of aryl methyl sites for hydroxylation is 1. The van der Waals surface area contributed by atoms with Gasteiger partial charge >= 0.3 is 0 Å². The number of fused-ring (bicyclic) bond motifs is 1. The Morgan fingerprint density at radius 3 is 2.55 bits per heavy atom. The van der Waals surface area contributed by atoms with Crippen LogP contribution in [-0.2, 0) is 0 Å². The summed E-state index contributed by atoms with van der Waals surface area (Å²) in [5.41, 5.74) is 1.52. The molecule has 1 aromatic heterocycles. The summed E-state index contributed by atoms with van der Waals surface area (Å²) in [5, 5.41) is 11.2. The van der Waals surface area contributed by atoms with Gasteiger partial charge < -0.3 is 9.52 Å². The van der Waals surface area contributed by atoms with Crippen molar-refractivity contribution in [1.29, 1.82) is 0 Å². The normalized spacial score (nSPS) is 12.8. The minimum Gasteiger partial charge on any atom is -0.461 e. The average molecular weight is 274 g/mol. The molecular weight excluding hydrogens is 262 g/mol. The van der Waals surface area contributed by atoms with Gasteiger partial charge in [-0.3, -0.25) is 0 Å². The highest BCUT2D eigenvalue weighted by molar-refractivity contribution is 5.83. The Morgan fingerprint density at radius 1 is 1.05 bits per heavy atom. The van der Waals surface area contributed by atoms with E-state index in [1.165, 1.54) is 6.07 Å². The van der Waals surface area contributed by atoms with E-state index >= 15 is 0 Å². The molecule has 102 valence electrons. The third-order valence-electron chi connectivity index (χ3n) is 3.35. The molecule has 3 rings (SSSR count). The van der Waals surface area contributed by atoms with Crippen LogP contribution in [0, 0.1) is 18.6 Å². The number of hydrogen-bond donors (Lipinski definition) is 1. The SMILES string of the molecule is Cc1oc2ccccc2c1C(O)c1ccc(F)c(F)c1. The zero-order valence-corrected chi connectivity index (χ0v) is 10.7. The summed E-state index contributed by atoms with van der Waals surface area (Å²) in [6.45, 7) is 1.73. The van der Waals surface area contributed by atoms with Crippen molar-refractivity contribution < 1.29 is 18.3 Å². The third-order valence-corrected chi connectivity index (χ3v) is 3.35. The molecule has 0 aliphatic carbocycles. The second-order valence-electron chi connectivity index (χ2n) is 4.64. The monoisotopic (exact) mass is 274 g/mol. The highest BCUT2D eigenvalue weighted by Crippen LogP contribution is 2.34. The van der Waals surface area contributed by atoms with Crippen molar-refractivity contribution in [2.24, 2.45) is 0 Å². The summed E-state index contributed by atoms with van der Waals surface area (Å²) < 4.78 is 31.8. The van der Waals surface area contributed by atoms with Gasteiger partial charge in [-0.15, -0.1) is 0 Å². The van der Waals surface area contributed by atoms with Crippen LogP contribution in [-0.4, -0.2) is 5.11 Å². The zero-order chi connectivity index (χ0) is 14.3. The van der Waals surface area contributed by atoms with E-state index in [2.05, 4.69) is 0 Å². The fourth-order valence-electron chi connectivity index (χ4n) is 2.38. The highest BCUT2D eigenvalue weighted by Gasteiger charge is 2.20. The Balaban J connectivity index is 2.14. The van der Waals surface area contributed by atoms with Crippen LogP contribution in [0.15, 0.2) is 46.9 Å². The van der Waals surface area contributed by atoms with Crippen LogP contribution in [0.5, 0.6) is 0 Å². The largest absolute Gasteiger partial charge is 0.461 e. The molecule has 0 aliphatic heterocycles. The predicted molar refractivity (Wildman–Crippen MR) is 71.4 cm³/mol. The molecule has 2 nitrogen and oxygen atoms in total. The average Bonchev–Trinajstić information content (AvgIpc) is 2.77. The van der Waals surface area contributed by atoms with Crippen molar-refractivity contribution in [2.45, 2.75) is 13.0 Å². The molecule has 0 spiro atoms. The highest BCUT2D eigenvalue weighted by atomic mass is 19.2. The van der Waals surface area contributed by atoms with Gasteiger partial charge in [0.05, 0.1) is 0 Å². The number of halogens is 2. The zero-order valence-electron chi connectivity index (χ0n) is 10.7. The molecule has 0 saturated carbocycles. The molecule has 0 radical (unpaired) electrons. The number of hydrogen-bond acceptors (Lipinski definition) is 2. The van der Waals surface area contributed by atoms with Crippen molar-refractivity contribution in [3.8, 4) is 0 Å². The molecule has 2 aromatic carbocycles. The first kappa shape index (κ1) is 12.8. The van der Waals surface area contributed by atoms with Gasteiger partial charge in [0.1, 0.15) is 17.4 Å². The van der Waals surface area contributed by atoms with E-state index in [0.29, 0.717) is 22.5 Å². The molecule has 1 unspecified atom stereocenters. The standard InChI is InChI=1S/C16H12F2O2/c1-9-15(11-4-2-3-5-14(11)20-9)16(19)10-6-7-12(17)13(18)8-10/h2-8,16,19H,1H3. The lowest BCUT2D eigenvalue weighted by atomic mass is 9.98. The lowest BCUT2D eigenvalue weighted by Gasteiger charge is -2.11. The number of furan rings is 1. The lowest BCUT2D eigenvalue weighted by molar-refractivity contribution is 0.218. The Labute approximate surface area is 114 Å². The Bertz CT molecular complexity index is 777. The van der Waals surface area contributed by atoms with Crippen LogP contribution < -0.4 is 0 Å². The molecule has 4 heteroatoms. The summed E-state index contributed by atoms with van der Waals surface area (Å²) in [7, 11) is 0. The molecule has 1 heterocycles. The smallest absolute Gasteiger partial charge is 0.159 e. The molecular formula is C16H12F2O2. The van der Waals surface area contributed by atoms with E-state index in [4.69, 9.17) is 4.42 Å². The predicted octanol–water partition coefficient (Wildman–Crippen LogP) is 4.10. The van der Waals surface area contributed by atoms with Crippen LogP contribution in [0.4, 0.5) is 8.78 Å². The molecule has 20 heavy (non-hydrogen) atoms. The number of para-hydroxylation sites is 1. The first-order valence-corrected chi connectivity index (χ1v) is 6.19. The third kappa shape index (κ3) is 1.98. The fourth-order valence-corrected chi connectivity index (χ4v) is 2.38. The van der Waals surface area contributed by atoms with Crippen LogP contribution >= 0.6 is 0 Å². The van der Waals surface area contributed by atoms with Gasteiger partial charge in [0.2, 0.25) is 0 Å². The van der Waals surface area contributed by atoms with Crippen LogP contribution in [0.3, 0.4) is 0 Å². The van der Waals surface area contributed by atoms with Gasteiger partial charge in [0.25, 0.3) is 0 Å². The van der Waals surface area contributed by atoms with Crippen molar-refractivity contribution >= 4 is 11.0 Å². The first-order chi connectivity index (χ1) is 9.58. The Morgan fingerprint density at radius 2 is 1.80 bits per heavy atom. The molecule has 3 aromatic rings. The van der Waals surface area contributed by atoms with Crippen molar-refractivity contribution in [2.75, 3.05) is 0 Å². The van der Waals surface area contributed by atoms with E-state index < -0.39 is 17.7 Å². The summed E-state index contributed by atoms with van der Waals surface area (Å²) >= 11 is 0. The van der Waals surface area contributed by atoms with Gasteiger partial charge in [-0.2, -0.15) is 0 Å². The molecule has 1 N–H and O–H groups in total. The molecule has 0 saturated heterocycles. The number of benzene rings is 2. The maximum Gasteiger partial charge on any atom is 0.159 e. The van der Waals surface area contributed by atoms with Crippen molar-refractivity contribution in [1.82, 2.24) is 0 Å². The Hall–Kier alpha value is -2.20. The quantitative estimate of drug-likeness (QED) is 0.763. The van der Waals surface area contributed by atoms with Gasteiger partial charge in [-0.05, 0) is 30.7 Å². The molecule has 0 aliphatic rings. The molecule has 0 amide bonds. The summed E-state index contributed by atoms with van der Waals surface area (Å²) in [6.07, 6.45) is -1.06. The second kappa shape index (κ2) is 4.72. The molecule has 1 atom stereocenters. The van der Waals surface area contributed by atoms with E-state index in [1.54, 1.807) is 13.0 Å². The van der Waals surface area contributed by atoms with E-state index in [0.717, 1.165) is 17.5 Å². The van der Waals surface area contributed by atoms with E-state index in [-0.39, 0.29) is 0 Å². The summed E-state index contributed by atoms with van der Waals surface area (Å²) in [6, 6.07) is 10.7. The second-order valence-corrected chi connectivity index (χ2v) is 4.64.